The van der Waals surface area contributed by atoms with E-state index in [1.54, 1.807) is 6.20 Å². The molecule has 1 saturated carbocycles. The molecule has 2 aromatic rings. The number of nitrogens with zero attached hydrogens (tertiary/aromatic N) is 3. The first-order valence-corrected chi connectivity index (χ1v) is 7.71. The lowest BCUT2D eigenvalue weighted by Gasteiger charge is -2.22. The van der Waals surface area contributed by atoms with E-state index in [9.17, 15) is 0 Å². The van der Waals surface area contributed by atoms with Crippen molar-refractivity contribution in [1.82, 2.24) is 19.7 Å². The molecule has 20 heavy (non-hydrogen) atoms. The van der Waals surface area contributed by atoms with Crippen molar-refractivity contribution in [3.63, 3.8) is 0 Å². The van der Waals surface area contributed by atoms with Crippen LogP contribution in [0.2, 0.25) is 0 Å². The van der Waals surface area contributed by atoms with E-state index in [1.807, 2.05) is 18.2 Å². The second-order valence-electron chi connectivity index (χ2n) is 5.61. The monoisotopic (exact) mass is 288 g/mol. The van der Waals surface area contributed by atoms with E-state index >= 15 is 0 Å². The minimum Gasteiger partial charge on any atom is -0.295 e. The van der Waals surface area contributed by atoms with Gasteiger partial charge in [0.1, 0.15) is 5.69 Å². The molecule has 5 heteroatoms. The molecule has 0 radical (unpaired) electrons. The predicted molar refractivity (Wildman–Crippen MR) is 81.9 cm³/mol. The van der Waals surface area contributed by atoms with Crippen molar-refractivity contribution < 1.29 is 0 Å². The number of pyridine rings is 1. The zero-order chi connectivity index (χ0) is 14.1. The van der Waals surface area contributed by atoms with Crippen molar-refractivity contribution in [2.45, 2.75) is 39.2 Å². The maximum atomic E-state index is 5.45. The molecule has 3 unspecified atom stereocenters. The molecule has 0 spiro atoms. The molecule has 1 aliphatic rings. The quantitative estimate of drug-likeness (QED) is 0.868. The standard InChI is InChI=1S/C15H20N4S/c1-3-11-7-8-13(10(11)2)19-14(17-18-15(19)20)12-6-4-5-9-16-12/h4-6,9-11,13H,3,7-8H2,1-2H3,(H,18,20). The van der Waals surface area contributed by atoms with Crippen LogP contribution in [0.15, 0.2) is 24.4 Å². The van der Waals surface area contributed by atoms with Crippen LogP contribution < -0.4 is 0 Å². The lowest BCUT2D eigenvalue weighted by molar-refractivity contribution is 0.329. The molecule has 0 saturated heterocycles. The minimum atomic E-state index is 0.434. The molecule has 0 amide bonds. The Morgan fingerprint density at radius 2 is 2.25 bits per heavy atom. The molecule has 1 fully saturated rings. The number of aromatic amines is 1. The Hall–Kier alpha value is -1.49. The number of hydrogen-bond donors (Lipinski definition) is 1. The van der Waals surface area contributed by atoms with Crippen LogP contribution in [0.3, 0.4) is 0 Å². The van der Waals surface area contributed by atoms with Crippen molar-refractivity contribution in [3.05, 3.63) is 29.2 Å². The van der Waals surface area contributed by atoms with Gasteiger partial charge in [-0.1, -0.05) is 26.3 Å². The highest BCUT2D eigenvalue weighted by atomic mass is 32.1. The van der Waals surface area contributed by atoms with Gasteiger partial charge >= 0.3 is 0 Å². The lowest BCUT2D eigenvalue weighted by atomic mass is 9.93. The molecular weight excluding hydrogens is 268 g/mol. The third-order valence-electron chi connectivity index (χ3n) is 4.64. The van der Waals surface area contributed by atoms with Crippen molar-refractivity contribution >= 4 is 12.2 Å². The Labute approximate surface area is 124 Å². The number of hydrogen-bond acceptors (Lipinski definition) is 3. The Balaban J connectivity index is 2.03. The van der Waals surface area contributed by atoms with E-state index in [4.69, 9.17) is 12.2 Å². The van der Waals surface area contributed by atoms with Crippen LogP contribution in [0.4, 0.5) is 0 Å². The highest BCUT2D eigenvalue weighted by molar-refractivity contribution is 7.71. The third-order valence-corrected chi connectivity index (χ3v) is 4.93. The van der Waals surface area contributed by atoms with Gasteiger partial charge in [-0.05, 0) is 49.0 Å². The first-order chi connectivity index (χ1) is 9.72. The number of rotatable bonds is 3. The van der Waals surface area contributed by atoms with E-state index < -0.39 is 0 Å². The van der Waals surface area contributed by atoms with E-state index in [-0.39, 0.29) is 0 Å². The van der Waals surface area contributed by atoms with Gasteiger partial charge in [-0.25, -0.2) is 0 Å². The molecule has 2 aromatic heterocycles. The highest BCUT2D eigenvalue weighted by Gasteiger charge is 2.34. The fourth-order valence-electron chi connectivity index (χ4n) is 3.45. The van der Waals surface area contributed by atoms with Gasteiger partial charge in [0.05, 0.1) is 0 Å². The molecule has 4 nitrogen and oxygen atoms in total. The molecule has 1 aliphatic carbocycles. The van der Waals surface area contributed by atoms with Gasteiger partial charge in [-0.3, -0.25) is 14.6 Å². The van der Waals surface area contributed by atoms with E-state index in [0.29, 0.717) is 16.7 Å². The SMILES string of the molecule is CCC1CCC(n2c(-c3ccccn3)n[nH]c2=S)C1C. The van der Waals surface area contributed by atoms with Crippen molar-refractivity contribution in [2.24, 2.45) is 11.8 Å². The average molecular weight is 288 g/mol. The highest BCUT2D eigenvalue weighted by Crippen LogP contribution is 2.43. The van der Waals surface area contributed by atoms with Gasteiger partial charge in [0.2, 0.25) is 0 Å². The summed E-state index contributed by atoms with van der Waals surface area (Å²) in [6.45, 7) is 4.61. The second kappa shape index (κ2) is 5.48. The summed E-state index contributed by atoms with van der Waals surface area (Å²) in [6.07, 6.45) is 5.48. The van der Waals surface area contributed by atoms with Crippen LogP contribution in [-0.4, -0.2) is 19.7 Å². The van der Waals surface area contributed by atoms with E-state index in [2.05, 4.69) is 33.6 Å². The second-order valence-corrected chi connectivity index (χ2v) is 6.00. The van der Waals surface area contributed by atoms with Crippen LogP contribution in [0.5, 0.6) is 0 Å². The van der Waals surface area contributed by atoms with Gasteiger partial charge in [0, 0.05) is 12.2 Å². The lowest BCUT2D eigenvalue weighted by Crippen LogP contribution is -2.17. The van der Waals surface area contributed by atoms with Crippen LogP contribution in [0.1, 0.15) is 39.2 Å². The van der Waals surface area contributed by atoms with Crippen molar-refractivity contribution in [1.29, 1.82) is 0 Å². The number of nitrogens with one attached hydrogen (secondary N) is 1. The van der Waals surface area contributed by atoms with Crippen LogP contribution >= 0.6 is 12.2 Å². The first-order valence-electron chi connectivity index (χ1n) is 7.30. The predicted octanol–water partition coefficient (Wildman–Crippen LogP) is 4.00. The Kier molecular flexibility index (Phi) is 3.70. The first kappa shape index (κ1) is 13.5. The van der Waals surface area contributed by atoms with E-state index in [1.165, 1.54) is 19.3 Å². The van der Waals surface area contributed by atoms with Crippen molar-refractivity contribution in [2.75, 3.05) is 0 Å². The number of aromatic nitrogens is 4. The largest absolute Gasteiger partial charge is 0.295 e. The summed E-state index contributed by atoms with van der Waals surface area (Å²) in [4.78, 5) is 4.41. The molecule has 0 aliphatic heterocycles. The summed E-state index contributed by atoms with van der Waals surface area (Å²) in [5.41, 5.74) is 0.881. The van der Waals surface area contributed by atoms with Crippen LogP contribution in [0.25, 0.3) is 11.5 Å². The maximum absolute atomic E-state index is 5.45. The van der Waals surface area contributed by atoms with Gasteiger partial charge in [-0.15, -0.1) is 0 Å². The van der Waals surface area contributed by atoms with Crippen LogP contribution in [0, 0.1) is 16.6 Å². The maximum Gasteiger partial charge on any atom is 0.195 e. The van der Waals surface area contributed by atoms with Gasteiger partial charge in [-0.2, -0.15) is 5.10 Å². The Bertz CT molecular complexity index is 631. The molecule has 0 bridgehead atoms. The summed E-state index contributed by atoms with van der Waals surface area (Å²) >= 11 is 5.45. The zero-order valence-corrected chi connectivity index (χ0v) is 12.7. The van der Waals surface area contributed by atoms with Gasteiger partial charge in [0.25, 0.3) is 0 Å². The summed E-state index contributed by atoms with van der Waals surface area (Å²) in [6, 6.07) is 6.32. The zero-order valence-electron chi connectivity index (χ0n) is 11.9. The minimum absolute atomic E-state index is 0.434. The molecule has 3 rings (SSSR count). The molecule has 0 aromatic carbocycles. The summed E-state index contributed by atoms with van der Waals surface area (Å²) in [5.74, 6) is 2.28. The van der Waals surface area contributed by atoms with Crippen molar-refractivity contribution in [3.8, 4) is 11.5 Å². The smallest absolute Gasteiger partial charge is 0.195 e. The summed E-state index contributed by atoms with van der Waals surface area (Å²) < 4.78 is 2.89. The topological polar surface area (TPSA) is 46.5 Å². The van der Waals surface area contributed by atoms with Crippen LogP contribution in [-0.2, 0) is 0 Å². The third kappa shape index (κ3) is 2.20. The fraction of sp³-hybridized carbons (Fsp3) is 0.533. The Morgan fingerprint density at radius 3 is 2.90 bits per heavy atom. The average Bonchev–Trinajstić information content (AvgIpc) is 3.02. The summed E-state index contributed by atoms with van der Waals surface area (Å²) in [7, 11) is 0. The Morgan fingerprint density at radius 1 is 1.40 bits per heavy atom. The van der Waals surface area contributed by atoms with E-state index in [0.717, 1.165) is 17.4 Å². The molecular formula is C15H20N4S. The molecule has 1 N–H and O–H groups in total. The molecule has 2 heterocycles. The molecule has 3 atom stereocenters. The van der Waals surface area contributed by atoms with Gasteiger partial charge in [0.15, 0.2) is 10.6 Å². The fourth-order valence-corrected chi connectivity index (χ4v) is 3.72. The number of H-pyrrole nitrogens is 1. The normalized spacial score (nSPS) is 26.0. The van der Waals surface area contributed by atoms with Gasteiger partial charge < -0.3 is 0 Å². The summed E-state index contributed by atoms with van der Waals surface area (Å²) in [5, 5.41) is 7.34. The molecule has 106 valence electrons.